The normalized spacial score (nSPS) is 10.6. The predicted octanol–water partition coefficient (Wildman–Crippen LogP) is 3.08. The van der Waals surface area contributed by atoms with Crippen LogP contribution in [-0.2, 0) is 0 Å². The number of allylic oxidation sites excluding steroid dienone is 1. The van der Waals surface area contributed by atoms with E-state index in [-0.39, 0.29) is 5.91 Å². The molecular weight excluding hydrogens is 220 g/mol. The second-order valence-electron chi connectivity index (χ2n) is 3.47. The zero-order valence-electron chi connectivity index (χ0n) is 9.53. The van der Waals surface area contributed by atoms with E-state index in [1.54, 1.807) is 12.3 Å². The zero-order valence-corrected chi connectivity index (χ0v) is 10.3. The van der Waals surface area contributed by atoms with Gasteiger partial charge in [-0.05, 0) is 24.3 Å². The van der Waals surface area contributed by atoms with Crippen molar-refractivity contribution in [2.75, 3.05) is 0 Å². The Morgan fingerprint density at radius 1 is 1.50 bits per heavy atom. The number of hydrogen-bond donors (Lipinski definition) is 2. The molecule has 0 saturated heterocycles. The summed E-state index contributed by atoms with van der Waals surface area (Å²) in [5.41, 5.74) is 5.39. The number of hydrazine groups is 1. The quantitative estimate of drug-likeness (QED) is 0.566. The minimum atomic E-state index is -0.0896. The molecule has 0 atom stereocenters. The third-order valence-corrected chi connectivity index (χ3v) is 2.97. The molecule has 0 aliphatic heterocycles. The number of thiophene rings is 1. The maximum atomic E-state index is 11.4. The van der Waals surface area contributed by atoms with Crippen LogP contribution in [0.3, 0.4) is 0 Å². The first-order valence-electron chi connectivity index (χ1n) is 5.59. The average Bonchev–Trinajstić information content (AvgIpc) is 2.81. The average molecular weight is 238 g/mol. The van der Waals surface area contributed by atoms with E-state index >= 15 is 0 Å². The molecule has 0 spiro atoms. The molecule has 3 nitrogen and oxygen atoms in total. The van der Waals surface area contributed by atoms with Crippen molar-refractivity contribution in [3.8, 4) is 0 Å². The van der Waals surface area contributed by atoms with Crippen LogP contribution in [0.5, 0.6) is 0 Å². The van der Waals surface area contributed by atoms with E-state index in [1.165, 1.54) is 30.6 Å². The fourth-order valence-electron chi connectivity index (χ4n) is 1.23. The number of carbonyl (C=O) groups excluding carboxylic acids is 1. The second kappa shape index (κ2) is 7.93. The van der Waals surface area contributed by atoms with Gasteiger partial charge in [-0.2, -0.15) is 0 Å². The summed E-state index contributed by atoms with van der Waals surface area (Å²) in [6, 6.07) is 3.66. The Kier molecular flexibility index (Phi) is 6.33. The van der Waals surface area contributed by atoms with Crippen molar-refractivity contribution in [2.45, 2.75) is 32.6 Å². The van der Waals surface area contributed by atoms with Crippen LogP contribution < -0.4 is 10.9 Å². The monoisotopic (exact) mass is 238 g/mol. The topological polar surface area (TPSA) is 41.1 Å². The van der Waals surface area contributed by atoms with Gasteiger partial charge in [-0.15, -0.1) is 11.3 Å². The highest BCUT2D eigenvalue weighted by Gasteiger charge is 2.02. The molecule has 1 aromatic rings. The highest BCUT2D eigenvalue weighted by Crippen LogP contribution is 2.06. The third kappa shape index (κ3) is 4.98. The number of amides is 1. The molecule has 16 heavy (non-hydrogen) atoms. The van der Waals surface area contributed by atoms with Gasteiger partial charge < -0.3 is 5.43 Å². The molecule has 4 heteroatoms. The Morgan fingerprint density at radius 2 is 2.38 bits per heavy atom. The Balaban J connectivity index is 2.09. The summed E-state index contributed by atoms with van der Waals surface area (Å²) in [5.74, 6) is -0.0896. The van der Waals surface area contributed by atoms with E-state index in [1.807, 2.05) is 17.5 Å². The second-order valence-corrected chi connectivity index (χ2v) is 4.42. The van der Waals surface area contributed by atoms with Crippen LogP contribution in [0.2, 0.25) is 0 Å². The molecule has 88 valence electrons. The molecule has 0 aromatic carbocycles. The minimum absolute atomic E-state index is 0.0896. The lowest BCUT2D eigenvalue weighted by molar-refractivity contribution is 0.0945. The molecule has 1 heterocycles. The van der Waals surface area contributed by atoms with Crippen molar-refractivity contribution in [1.82, 2.24) is 10.9 Å². The van der Waals surface area contributed by atoms with Gasteiger partial charge in [0.25, 0.3) is 5.91 Å². The number of nitrogens with one attached hydrogen (secondary N) is 2. The van der Waals surface area contributed by atoms with Crippen molar-refractivity contribution in [1.29, 1.82) is 0 Å². The van der Waals surface area contributed by atoms with Crippen molar-refractivity contribution < 1.29 is 4.79 Å². The Morgan fingerprint density at radius 3 is 3.06 bits per heavy atom. The van der Waals surface area contributed by atoms with Crippen LogP contribution in [0.4, 0.5) is 0 Å². The van der Waals surface area contributed by atoms with E-state index in [0.29, 0.717) is 4.88 Å². The van der Waals surface area contributed by atoms with Gasteiger partial charge in [0.05, 0.1) is 4.88 Å². The maximum absolute atomic E-state index is 11.4. The first-order chi connectivity index (χ1) is 7.84. The lowest BCUT2D eigenvalue weighted by Crippen LogP contribution is -2.32. The minimum Gasteiger partial charge on any atom is -0.306 e. The fourth-order valence-corrected chi connectivity index (χ4v) is 1.85. The lowest BCUT2D eigenvalue weighted by Gasteiger charge is -2.01. The smallest absolute Gasteiger partial charge is 0.279 e. The van der Waals surface area contributed by atoms with Gasteiger partial charge in [-0.1, -0.05) is 31.9 Å². The third-order valence-electron chi connectivity index (χ3n) is 2.11. The Labute approximate surface area is 101 Å². The largest absolute Gasteiger partial charge is 0.306 e. The van der Waals surface area contributed by atoms with Crippen molar-refractivity contribution in [3.05, 3.63) is 34.7 Å². The highest BCUT2D eigenvalue weighted by molar-refractivity contribution is 7.12. The number of hydrogen-bond acceptors (Lipinski definition) is 3. The van der Waals surface area contributed by atoms with Gasteiger partial charge in [-0.3, -0.25) is 10.2 Å². The van der Waals surface area contributed by atoms with Gasteiger partial charge in [0.1, 0.15) is 0 Å². The van der Waals surface area contributed by atoms with Gasteiger partial charge in [0, 0.05) is 6.20 Å². The lowest BCUT2D eigenvalue weighted by atomic mass is 10.2. The summed E-state index contributed by atoms with van der Waals surface area (Å²) in [6.07, 6.45) is 8.55. The summed E-state index contributed by atoms with van der Waals surface area (Å²) in [7, 11) is 0. The van der Waals surface area contributed by atoms with Crippen LogP contribution >= 0.6 is 11.3 Å². The van der Waals surface area contributed by atoms with Crippen LogP contribution in [0.25, 0.3) is 0 Å². The van der Waals surface area contributed by atoms with Crippen LogP contribution in [0.15, 0.2) is 29.8 Å². The summed E-state index contributed by atoms with van der Waals surface area (Å²) in [5, 5.41) is 1.88. The molecule has 1 aromatic heterocycles. The number of carbonyl (C=O) groups is 1. The van der Waals surface area contributed by atoms with Crippen LogP contribution in [0, 0.1) is 0 Å². The zero-order chi connectivity index (χ0) is 11.6. The van der Waals surface area contributed by atoms with Gasteiger partial charge in [0.15, 0.2) is 0 Å². The molecule has 1 rings (SSSR count). The van der Waals surface area contributed by atoms with E-state index in [2.05, 4.69) is 17.8 Å². The number of rotatable bonds is 7. The summed E-state index contributed by atoms with van der Waals surface area (Å²) >= 11 is 1.43. The Hall–Kier alpha value is -1.29. The van der Waals surface area contributed by atoms with E-state index < -0.39 is 0 Å². The molecule has 0 aliphatic rings. The summed E-state index contributed by atoms with van der Waals surface area (Å²) < 4.78 is 0. The van der Waals surface area contributed by atoms with E-state index in [4.69, 9.17) is 0 Å². The predicted molar refractivity (Wildman–Crippen MR) is 68.2 cm³/mol. The van der Waals surface area contributed by atoms with Gasteiger partial charge in [0.2, 0.25) is 0 Å². The molecule has 1 amide bonds. The van der Waals surface area contributed by atoms with Crippen LogP contribution in [0.1, 0.15) is 42.3 Å². The molecule has 0 unspecified atom stereocenters. The van der Waals surface area contributed by atoms with Gasteiger partial charge >= 0.3 is 0 Å². The number of unbranched alkanes of at least 4 members (excludes halogenated alkanes) is 3. The van der Waals surface area contributed by atoms with E-state index in [0.717, 1.165) is 6.42 Å². The molecule has 0 radical (unpaired) electrons. The standard InChI is InChI=1S/C12H18N2OS/c1-2-3-4-5-6-9-13-14-12(15)11-8-7-10-16-11/h6-10,13H,2-5H2,1H3,(H,14,15)/b9-6+. The first-order valence-corrected chi connectivity index (χ1v) is 6.47. The molecule has 0 aliphatic carbocycles. The SMILES string of the molecule is CCCCC/C=C/NNC(=O)c1cccs1. The fraction of sp³-hybridized carbons (Fsp3) is 0.417. The van der Waals surface area contributed by atoms with Crippen molar-refractivity contribution in [2.24, 2.45) is 0 Å². The first kappa shape index (κ1) is 12.8. The summed E-state index contributed by atoms with van der Waals surface area (Å²) in [6.45, 7) is 2.18. The van der Waals surface area contributed by atoms with Crippen molar-refractivity contribution in [3.63, 3.8) is 0 Å². The van der Waals surface area contributed by atoms with E-state index in [9.17, 15) is 4.79 Å². The molecule has 2 N–H and O–H groups in total. The molecule has 0 bridgehead atoms. The van der Waals surface area contributed by atoms with Crippen LogP contribution in [-0.4, -0.2) is 5.91 Å². The van der Waals surface area contributed by atoms with Crippen molar-refractivity contribution >= 4 is 17.2 Å². The highest BCUT2D eigenvalue weighted by atomic mass is 32.1. The Bertz CT molecular complexity index is 320. The molecule has 0 fully saturated rings. The molecule has 0 saturated carbocycles. The molecular formula is C12H18N2OS. The maximum Gasteiger partial charge on any atom is 0.279 e. The summed E-state index contributed by atoms with van der Waals surface area (Å²) in [4.78, 5) is 12.2. The van der Waals surface area contributed by atoms with Gasteiger partial charge in [-0.25, -0.2) is 0 Å².